The molecule has 2 aromatic heterocycles. The lowest BCUT2D eigenvalue weighted by Crippen LogP contribution is -2.36. The Bertz CT molecular complexity index is 1220. The first kappa shape index (κ1) is 20.1. The Morgan fingerprint density at radius 3 is 2.67 bits per heavy atom. The number of anilines is 2. The second-order valence-electron chi connectivity index (χ2n) is 7.17. The molecule has 9 nitrogen and oxygen atoms in total. The minimum Gasteiger partial charge on any atom is -0.465 e. The van der Waals surface area contributed by atoms with E-state index in [0.29, 0.717) is 37.0 Å². The lowest BCUT2D eigenvalue weighted by molar-refractivity contribution is 0.132. The van der Waals surface area contributed by atoms with Crippen molar-refractivity contribution < 1.29 is 27.1 Å². The Morgan fingerprint density at radius 1 is 1.30 bits per heavy atom. The van der Waals surface area contributed by atoms with Crippen molar-refractivity contribution in [3.05, 3.63) is 42.2 Å². The normalized spacial score (nSPS) is 15.5. The fourth-order valence-electron chi connectivity index (χ4n) is 3.59. The lowest BCUT2D eigenvalue weighted by Gasteiger charge is -2.29. The molecule has 2 N–H and O–H groups in total. The van der Waals surface area contributed by atoms with E-state index in [4.69, 9.17) is 9.52 Å². The summed E-state index contributed by atoms with van der Waals surface area (Å²) in [5, 5.41) is 11.9. The van der Waals surface area contributed by atoms with Gasteiger partial charge in [0, 0.05) is 24.9 Å². The standard InChI is InChI=1S/C19H19FN4O5S/c1-30(27,28)12-2-3-15(14(20)8-12)23-18-17-16(21-10-22-18)13(9-29-17)11-4-6-24(7-5-11)19(25)26/h2-3,8-11H,4-7H2,1H3,(H,25,26)(H,21,22,23). The summed E-state index contributed by atoms with van der Waals surface area (Å²) in [7, 11) is -3.52. The summed E-state index contributed by atoms with van der Waals surface area (Å²) >= 11 is 0. The summed E-state index contributed by atoms with van der Waals surface area (Å²) in [6, 6.07) is 3.58. The van der Waals surface area contributed by atoms with E-state index in [1.165, 1.54) is 23.4 Å². The largest absolute Gasteiger partial charge is 0.465 e. The van der Waals surface area contributed by atoms with Gasteiger partial charge in [-0.25, -0.2) is 27.6 Å². The summed E-state index contributed by atoms with van der Waals surface area (Å²) in [6.45, 7) is 0.863. The number of benzene rings is 1. The summed E-state index contributed by atoms with van der Waals surface area (Å²) < 4.78 is 43.2. The third kappa shape index (κ3) is 3.80. The number of amides is 1. The smallest absolute Gasteiger partial charge is 0.407 e. The molecule has 0 unspecified atom stereocenters. The van der Waals surface area contributed by atoms with Gasteiger partial charge in [0.05, 0.1) is 16.8 Å². The number of hydrogen-bond acceptors (Lipinski definition) is 7. The number of carboxylic acid groups (broad SMARTS) is 1. The molecule has 1 saturated heterocycles. The Balaban J connectivity index is 1.61. The highest BCUT2D eigenvalue weighted by molar-refractivity contribution is 7.90. The molecule has 3 aromatic rings. The molecule has 0 spiro atoms. The molecular weight excluding hydrogens is 415 g/mol. The third-order valence-electron chi connectivity index (χ3n) is 5.21. The molecule has 0 atom stereocenters. The highest BCUT2D eigenvalue weighted by Crippen LogP contribution is 2.36. The van der Waals surface area contributed by atoms with Crippen LogP contribution in [0.2, 0.25) is 0 Å². The number of fused-ring (bicyclic) bond motifs is 1. The van der Waals surface area contributed by atoms with E-state index < -0.39 is 21.7 Å². The number of piperidine rings is 1. The van der Waals surface area contributed by atoms with Gasteiger partial charge in [0.15, 0.2) is 21.2 Å². The average Bonchev–Trinajstić information content (AvgIpc) is 3.14. The van der Waals surface area contributed by atoms with E-state index in [2.05, 4.69) is 15.3 Å². The van der Waals surface area contributed by atoms with Gasteiger partial charge in [-0.3, -0.25) is 0 Å². The van der Waals surface area contributed by atoms with Crippen LogP contribution in [0, 0.1) is 5.82 Å². The molecule has 1 aromatic carbocycles. The monoisotopic (exact) mass is 434 g/mol. The number of nitrogens with one attached hydrogen (secondary N) is 1. The van der Waals surface area contributed by atoms with Crippen molar-refractivity contribution in [3.63, 3.8) is 0 Å². The van der Waals surface area contributed by atoms with Crippen LogP contribution in [0.3, 0.4) is 0 Å². The van der Waals surface area contributed by atoms with E-state index in [9.17, 15) is 17.6 Å². The minimum absolute atomic E-state index is 0.0510. The number of halogens is 1. The molecule has 0 saturated carbocycles. The fourth-order valence-corrected chi connectivity index (χ4v) is 4.22. The van der Waals surface area contributed by atoms with Gasteiger partial charge in [-0.1, -0.05) is 0 Å². The maximum atomic E-state index is 14.4. The first-order chi connectivity index (χ1) is 14.2. The van der Waals surface area contributed by atoms with Crippen LogP contribution in [0.5, 0.6) is 0 Å². The second kappa shape index (κ2) is 7.56. The molecule has 0 bridgehead atoms. The molecular formula is C19H19FN4O5S. The molecule has 11 heteroatoms. The number of aromatic nitrogens is 2. The van der Waals surface area contributed by atoms with Gasteiger partial charge < -0.3 is 19.7 Å². The molecule has 1 aliphatic rings. The maximum absolute atomic E-state index is 14.4. The number of likely N-dealkylation sites (tertiary alicyclic amines) is 1. The van der Waals surface area contributed by atoms with Crippen LogP contribution >= 0.6 is 0 Å². The van der Waals surface area contributed by atoms with Crippen LogP contribution in [0.4, 0.5) is 20.7 Å². The Morgan fingerprint density at radius 2 is 2.03 bits per heavy atom. The van der Waals surface area contributed by atoms with Crippen molar-refractivity contribution in [2.45, 2.75) is 23.7 Å². The van der Waals surface area contributed by atoms with Gasteiger partial charge in [0.1, 0.15) is 17.7 Å². The first-order valence-corrected chi connectivity index (χ1v) is 11.1. The van der Waals surface area contributed by atoms with Gasteiger partial charge >= 0.3 is 6.09 Å². The Labute approximate surface area is 171 Å². The molecule has 1 amide bonds. The molecule has 4 rings (SSSR count). The van der Waals surface area contributed by atoms with Gasteiger partial charge in [-0.05, 0) is 37.0 Å². The van der Waals surface area contributed by atoms with Crippen LogP contribution in [0.15, 0.2) is 40.1 Å². The molecule has 1 aliphatic heterocycles. The number of nitrogens with zero attached hydrogens (tertiary/aromatic N) is 3. The molecule has 0 radical (unpaired) electrons. The van der Waals surface area contributed by atoms with Gasteiger partial charge in [-0.15, -0.1) is 0 Å². The maximum Gasteiger partial charge on any atom is 0.407 e. The van der Waals surface area contributed by atoms with Crippen molar-refractivity contribution in [2.75, 3.05) is 24.7 Å². The predicted octanol–water partition coefficient (Wildman–Crippen LogP) is 3.37. The van der Waals surface area contributed by atoms with Gasteiger partial charge in [0.25, 0.3) is 0 Å². The predicted molar refractivity (Wildman–Crippen MR) is 106 cm³/mol. The van der Waals surface area contributed by atoms with Crippen LogP contribution in [0.1, 0.15) is 24.3 Å². The van der Waals surface area contributed by atoms with Crippen LogP contribution in [0.25, 0.3) is 11.1 Å². The van der Waals surface area contributed by atoms with Crippen molar-refractivity contribution in [3.8, 4) is 0 Å². The van der Waals surface area contributed by atoms with Gasteiger partial charge in [-0.2, -0.15) is 0 Å². The number of furan rings is 1. The van der Waals surface area contributed by atoms with E-state index in [1.54, 1.807) is 6.26 Å². The quantitative estimate of drug-likeness (QED) is 0.640. The second-order valence-corrected chi connectivity index (χ2v) is 9.19. The molecule has 1 fully saturated rings. The van der Waals surface area contributed by atoms with Crippen LogP contribution in [-0.2, 0) is 9.84 Å². The highest BCUT2D eigenvalue weighted by Gasteiger charge is 2.27. The summed E-state index contributed by atoms with van der Waals surface area (Å²) in [5.74, 6) is -0.395. The van der Waals surface area contributed by atoms with E-state index in [0.717, 1.165) is 17.9 Å². The average molecular weight is 434 g/mol. The topological polar surface area (TPSA) is 126 Å². The van der Waals surface area contributed by atoms with Crippen molar-refractivity contribution in [1.82, 2.24) is 14.9 Å². The summed E-state index contributed by atoms with van der Waals surface area (Å²) in [5.41, 5.74) is 1.83. The Kier molecular flexibility index (Phi) is 5.06. The van der Waals surface area contributed by atoms with Crippen LogP contribution < -0.4 is 5.32 Å². The van der Waals surface area contributed by atoms with Crippen molar-refractivity contribution >= 4 is 38.5 Å². The molecule has 0 aliphatic carbocycles. The number of hydrogen-bond donors (Lipinski definition) is 2. The Hall–Kier alpha value is -3.21. The number of carbonyl (C=O) groups is 1. The van der Waals surface area contributed by atoms with Crippen molar-refractivity contribution in [1.29, 1.82) is 0 Å². The summed E-state index contributed by atoms with van der Waals surface area (Å²) in [6.07, 6.45) is 4.29. The zero-order valence-corrected chi connectivity index (χ0v) is 16.8. The number of rotatable bonds is 4. The summed E-state index contributed by atoms with van der Waals surface area (Å²) in [4.78, 5) is 20.8. The molecule has 158 valence electrons. The zero-order chi connectivity index (χ0) is 21.5. The third-order valence-corrected chi connectivity index (χ3v) is 6.32. The lowest BCUT2D eigenvalue weighted by atomic mass is 9.90. The number of sulfone groups is 1. The van der Waals surface area contributed by atoms with E-state index >= 15 is 0 Å². The fraction of sp³-hybridized carbons (Fsp3) is 0.316. The van der Waals surface area contributed by atoms with Crippen LogP contribution in [-0.4, -0.2) is 53.8 Å². The zero-order valence-electron chi connectivity index (χ0n) is 16.0. The minimum atomic E-state index is -3.52. The van der Waals surface area contributed by atoms with E-state index in [-0.39, 0.29) is 22.3 Å². The highest BCUT2D eigenvalue weighted by atomic mass is 32.2. The molecule has 30 heavy (non-hydrogen) atoms. The van der Waals surface area contributed by atoms with E-state index in [1.807, 2.05) is 0 Å². The van der Waals surface area contributed by atoms with Crippen molar-refractivity contribution in [2.24, 2.45) is 0 Å². The van der Waals surface area contributed by atoms with Gasteiger partial charge in [0.2, 0.25) is 0 Å². The SMILES string of the molecule is CS(=O)(=O)c1ccc(Nc2ncnc3c(C4CCN(C(=O)O)CC4)coc23)c(F)c1. The first-order valence-electron chi connectivity index (χ1n) is 9.20. The molecule has 3 heterocycles.